The molecule has 1 aromatic rings. The van der Waals surface area contributed by atoms with Crippen LogP contribution in [-0.4, -0.2) is 45.8 Å². The zero-order valence-corrected chi connectivity index (χ0v) is 18.5. The maximum atomic E-state index is 12.2. The number of nitrogens with zero attached hydrogens (tertiary/aromatic N) is 2. The fourth-order valence-corrected chi connectivity index (χ4v) is 3.36. The van der Waals surface area contributed by atoms with E-state index in [2.05, 4.69) is 50.7 Å². The van der Waals surface area contributed by atoms with Crippen molar-refractivity contribution < 1.29 is 9.53 Å². The van der Waals surface area contributed by atoms with Gasteiger partial charge in [-0.15, -0.1) is 0 Å². The second-order valence-electron chi connectivity index (χ2n) is 7.32. The van der Waals surface area contributed by atoms with Crippen LogP contribution in [0, 0.1) is 9.49 Å². The number of nitrogens with one attached hydrogen (secondary N) is 3. The van der Waals surface area contributed by atoms with Gasteiger partial charge in [-0.1, -0.05) is 0 Å². The van der Waals surface area contributed by atoms with Crippen molar-refractivity contribution >= 4 is 51.8 Å². The Morgan fingerprint density at radius 1 is 1.50 bits per heavy atom. The van der Waals surface area contributed by atoms with Crippen molar-refractivity contribution in [3.8, 4) is 0 Å². The summed E-state index contributed by atoms with van der Waals surface area (Å²) in [6, 6.07) is 3.97. The topological polar surface area (TPSA) is 78.5 Å². The molecule has 1 saturated heterocycles. The van der Waals surface area contributed by atoms with Gasteiger partial charge in [0.15, 0.2) is 10.9 Å². The Morgan fingerprint density at radius 2 is 2.23 bits per heavy atom. The van der Waals surface area contributed by atoms with Crippen molar-refractivity contribution in [1.82, 2.24) is 20.6 Å². The third-order valence-electron chi connectivity index (χ3n) is 4.00. The normalized spacial score (nSPS) is 18.2. The van der Waals surface area contributed by atoms with Gasteiger partial charge in [0.2, 0.25) is 0 Å². The number of amides is 1. The number of ether oxygens (including phenoxy) is 1. The van der Waals surface area contributed by atoms with Crippen molar-refractivity contribution in [2.75, 3.05) is 18.5 Å². The van der Waals surface area contributed by atoms with Gasteiger partial charge in [-0.2, -0.15) is 0 Å². The smallest absolute Gasteiger partial charge is 0.410 e. The highest BCUT2D eigenvalue weighted by molar-refractivity contribution is 14.1. The minimum atomic E-state index is -0.473. The van der Waals surface area contributed by atoms with Crippen LogP contribution in [0.1, 0.15) is 34.1 Å². The van der Waals surface area contributed by atoms with Crippen LogP contribution >= 0.6 is 34.8 Å². The number of carbonyl (C=O) groups excluding carboxylic acids is 1. The van der Waals surface area contributed by atoms with Gasteiger partial charge in [-0.3, -0.25) is 10.9 Å². The zero-order chi connectivity index (χ0) is 19.3. The second-order valence-corrected chi connectivity index (χ2v) is 8.89. The second kappa shape index (κ2) is 9.03. The number of hydrazine groups is 1. The Morgan fingerprint density at radius 3 is 2.88 bits per heavy atom. The fraction of sp³-hybridized carbons (Fsp3) is 0.588. The summed E-state index contributed by atoms with van der Waals surface area (Å²) in [7, 11) is 0. The number of hydrogen-bond donors (Lipinski definition) is 3. The summed E-state index contributed by atoms with van der Waals surface area (Å²) in [4.78, 5) is 18.2. The van der Waals surface area contributed by atoms with Gasteiger partial charge in [0, 0.05) is 25.3 Å². The van der Waals surface area contributed by atoms with E-state index in [1.807, 2.05) is 32.9 Å². The molecule has 1 aliphatic rings. The monoisotopic (exact) mass is 491 g/mol. The van der Waals surface area contributed by atoms with Gasteiger partial charge < -0.3 is 15.0 Å². The van der Waals surface area contributed by atoms with Crippen LogP contribution in [0.25, 0.3) is 0 Å². The fourth-order valence-electron chi connectivity index (χ4n) is 2.64. The number of pyridine rings is 1. The predicted molar refractivity (Wildman–Crippen MR) is 115 cm³/mol. The largest absolute Gasteiger partial charge is 0.444 e. The molecule has 1 aliphatic heterocycles. The van der Waals surface area contributed by atoms with Gasteiger partial charge >= 0.3 is 6.09 Å². The number of carbonyl (C=O) groups is 1. The maximum absolute atomic E-state index is 12.2. The van der Waals surface area contributed by atoms with E-state index in [1.54, 1.807) is 11.1 Å². The third kappa shape index (κ3) is 6.42. The molecule has 2 atom stereocenters. The lowest BCUT2D eigenvalue weighted by Gasteiger charge is -2.26. The Labute approximate surface area is 173 Å². The molecule has 2 heterocycles. The van der Waals surface area contributed by atoms with E-state index >= 15 is 0 Å². The van der Waals surface area contributed by atoms with Crippen LogP contribution in [0.5, 0.6) is 0 Å². The van der Waals surface area contributed by atoms with Crippen LogP contribution in [0.2, 0.25) is 0 Å². The molecule has 1 fully saturated rings. The van der Waals surface area contributed by atoms with E-state index in [-0.39, 0.29) is 12.1 Å². The maximum Gasteiger partial charge on any atom is 0.410 e. The van der Waals surface area contributed by atoms with Gasteiger partial charge in [0.1, 0.15) is 5.60 Å². The van der Waals surface area contributed by atoms with Gasteiger partial charge in [-0.05, 0) is 87.0 Å². The highest BCUT2D eigenvalue weighted by atomic mass is 127. The first-order valence-electron chi connectivity index (χ1n) is 8.56. The van der Waals surface area contributed by atoms with E-state index in [0.717, 1.165) is 15.8 Å². The zero-order valence-electron chi connectivity index (χ0n) is 15.5. The SMILES string of the molecule is CC(NC(=S)NNc1ncccc1I)[C@@H]1CCN(C(=O)OC(C)(C)C)C1. The van der Waals surface area contributed by atoms with Crippen LogP contribution in [0.15, 0.2) is 18.3 Å². The molecule has 2 rings (SSSR count). The number of hydrogen-bond acceptors (Lipinski definition) is 5. The molecule has 1 aromatic heterocycles. The number of anilines is 1. The third-order valence-corrected chi connectivity index (χ3v) is 5.09. The van der Waals surface area contributed by atoms with Crippen molar-refractivity contribution in [3.05, 3.63) is 21.9 Å². The van der Waals surface area contributed by atoms with Gasteiger partial charge in [0.25, 0.3) is 0 Å². The number of rotatable bonds is 4. The van der Waals surface area contributed by atoms with Crippen LogP contribution < -0.4 is 16.2 Å². The summed E-state index contributed by atoms with van der Waals surface area (Å²) in [6.07, 6.45) is 2.38. The highest BCUT2D eigenvalue weighted by Gasteiger charge is 2.32. The Bertz CT molecular complexity index is 652. The molecule has 0 spiro atoms. The molecule has 3 N–H and O–H groups in total. The van der Waals surface area contributed by atoms with Crippen molar-refractivity contribution in [2.24, 2.45) is 5.92 Å². The summed E-state index contributed by atoms with van der Waals surface area (Å²) >= 11 is 7.54. The Balaban J connectivity index is 1.77. The lowest BCUT2D eigenvalue weighted by atomic mass is 10.0. The number of halogens is 1. The van der Waals surface area contributed by atoms with Crippen molar-refractivity contribution in [2.45, 2.75) is 45.8 Å². The molecule has 1 amide bonds. The van der Waals surface area contributed by atoms with E-state index < -0.39 is 5.60 Å². The van der Waals surface area contributed by atoms with Gasteiger partial charge in [0.05, 0.1) is 3.57 Å². The molecule has 26 heavy (non-hydrogen) atoms. The Hall–Kier alpha value is -1.36. The first-order chi connectivity index (χ1) is 12.2. The van der Waals surface area contributed by atoms with E-state index in [9.17, 15) is 4.79 Å². The lowest BCUT2D eigenvalue weighted by molar-refractivity contribution is 0.0286. The predicted octanol–water partition coefficient (Wildman–Crippen LogP) is 3.12. The molecule has 0 saturated carbocycles. The summed E-state index contributed by atoms with van der Waals surface area (Å²) in [5, 5.41) is 3.76. The molecule has 1 unspecified atom stereocenters. The summed E-state index contributed by atoms with van der Waals surface area (Å²) in [6.45, 7) is 9.07. The average Bonchev–Trinajstić information content (AvgIpc) is 3.03. The lowest BCUT2D eigenvalue weighted by Crippen LogP contribution is -2.46. The van der Waals surface area contributed by atoms with E-state index in [1.165, 1.54) is 0 Å². The molecule has 0 aliphatic carbocycles. The number of likely N-dealkylation sites (tertiary alicyclic amines) is 1. The van der Waals surface area contributed by atoms with E-state index in [0.29, 0.717) is 24.1 Å². The molecule has 0 radical (unpaired) electrons. The number of aromatic nitrogens is 1. The standard InChI is InChI=1S/C17H26IN5O2S/c1-11(12-7-9-23(10-12)16(24)25-17(2,3)4)20-15(26)22-21-14-13(18)6-5-8-19-14/h5-6,8,11-12H,7,9-10H2,1-4H3,(H,19,21)(H2,20,22,26)/t11?,12-/m1/s1. The summed E-state index contributed by atoms with van der Waals surface area (Å²) in [5.41, 5.74) is 5.49. The highest BCUT2D eigenvalue weighted by Crippen LogP contribution is 2.22. The van der Waals surface area contributed by atoms with Crippen LogP contribution in [0.3, 0.4) is 0 Å². The van der Waals surface area contributed by atoms with Crippen LogP contribution in [0.4, 0.5) is 10.6 Å². The average molecular weight is 491 g/mol. The Kier molecular flexibility index (Phi) is 7.27. The van der Waals surface area contributed by atoms with Crippen LogP contribution in [-0.2, 0) is 4.74 Å². The molecular weight excluding hydrogens is 465 g/mol. The molecule has 0 aromatic carbocycles. The number of thiocarbonyl (C=S) groups is 1. The first-order valence-corrected chi connectivity index (χ1v) is 10.1. The molecule has 9 heteroatoms. The first kappa shape index (κ1) is 20.9. The summed E-state index contributed by atoms with van der Waals surface area (Å²) in [5.74, 6) is 1.04. The van der Waals surface area contributed by atoms with E-state index in [4.69, 9.17) is 17.0 Å². The minimum absolute atomic E-state index is 0.132. The minimum Gasteiger partial charge on any atom is -0.444 e. The van der Waals surface area contributed by atoms with Crippen molar-refractivity contribution in [3.63, 3.8) is 0 Å². The van der Waals surface area contributed by atoms with Gasteiger partial charge in [-0.25, -0.2) is 9.78 Å². The molecule has 7 nitrogen and oxygen atoms in total. The molecule has 144 valence electrons. The summed E-state index contributed by atoms with van der Waals surface area (Å²) < 4.78 is 6.44. The molecule has 0 bridgehead atoms. The molecular formula is C17H26IN5O2S. The quantitative estimate of drug-likeness (QED) is 0.340. The van der Waals surface area contributed by atoms with Crippen molar-refractivity contribution in [1.29, 1.82) is 0 Å².